The third-order valence-corrected chi connectivity index (χ3v) is 4.52. The average Bonchev–Trinajstić information content (AvgIpc) is 2.97. The second-order valence-electron chi connectivity index (χ2n) is 6.21. The van der Waals surface area contributed by atoms with E-state index in [0.29, 0.717) is 24.2 Å². The molecule has 1 saturated heterocycles. The van der Waals surface area contributed by atoms with Crippen molar-refractivity contribution in [3.05, 3.63) is 35.7 Å². The van der Waals surface area contributed by atoms with Gasteiger partial charge >= 0.3 is 0 Å². The van der Waals surface area contributed by atoms with Crippen LogP contribution in [0.25, 0.3) is 11.5 Å². The molecule has 118 valence electrons. The molecule has 5 heteroatoms. The second kappa shape index (κ2) is 6.58. The summed E-state index contributed by atoms with van der Waals surface area (Å²) in [6.07, 6.45) is 2.32. The summed E-state index contributed by atoms with van der Waals surface area (Å²) in [6, 6.07) is 8.24. The van der Waals surface area contributed by atoms with Gasteiger partial charge in [-0.15, -0.1) is 10.2 Å². The normalized spacial score (nSPS) is 22.9. The number of rotatable bonds is 4. The van der Waals surface area contributed by atoms with Crippen molar-refractivity contribution in [1.29, 1.82) is 0 Å². The molecule has 0 radical (unpaired) electrons. The zero-order valence-corrected chi connectivity index (χ0v) is 13.2. The van der Waals surface area contributed by atoms with Crippen LogP contribution in [0.15, 0.2) is 28.7 Å². The fourth-order valence-electron chi connectivity index (χ4n) is 3.13. The van der Waals surface area contributed by atoms with E-state index in [1.165, 1.54) is 12.0 Å². The fourth-order valence-corrected chi connectivity index (χ4v) is 3.13. The van der Waals surface area contributed by atoms with Crippen LogP contribution in [0.2, 0.25) is 0 Å². The van der Waals surface area contributed by atoms with Gasteiger partial charge < -0.3 is 9.52 Å². The quantitative estimate of drug-likeness (QED) is 0.940. The van der Waals surface area contributed by atoms with Crippen LogP contribution < -0.4 is 0 Å². The Bertz CT molecular complexity index is 609. The zero-order chi connectivity index (χ0) is 15.5. The highest BCUT2D eigenvalue weighted by molar-refractivity contribution is 5.52. The van der Waals surface area contributed by atoms with Gasteiger partial charge in [0.1, 0.15) is 0 Å². The molecule has 1 aromatic heterocycles. The summed E-state index contributed by atoms with van der Waals surface area (Å²) in [5.41, 5.74) is 2.15. The lowest BCUT2D eigenvalue weighted by Gasteiger charge is -2.38. The van der Waals surface area contributed by atoms with Crippen molar-refractivity contribution in [1.82, 2.24) is 15.1 Å². The van der Waals surface area contributed by atoms with Crippen molar-refractivity contribution in [3.63, 3.8) is 0 Å². The molecule has 2 heterocycles. The maximum absolute atomic E-state index is 9.61. The van der Waals surface area contributed by atoms with Crippen LogP contribution >= 0.6 is 0 Å². The van der Waals surface area contributed by atoms with Crippen LogP contribution in [-0.2, 0) is 6.54 Å². The molecule has 0 aliphatic carbocycles. The predicted octanol–water partition coefficient (Wildman–Crippen LogP) is 2.64. The lowest BCUT2D eigenvalue weighted by atomic mass is 9.91. The SMILES string of the molecule is Cc1ccc(-c2nnc(CN3CCCC(C)C3CO)o2)cc1. The van der Waals surface area contributed by atoms with Gasteiger partial charge in [0.05, 0.1) is 13.2 Å². The number of aromatic nitrogens is 2. The Kier molecular flexibility index (Phi) is 4.55. The molecule has 3 rings (SSSR count). The van der Waals surface area contributed by atoms with Crippen molar-refractivity contribution >= 4 is 0 Å². The minimum atomic E-state index is 0.181. The van der Waals surface area contributed by atoms with Crippen molar-refractivity contribution in [2.75, 3.05) is 13.2 Å². The molecule has 0 spiro atoms. The average molecular weight is 301 g/mol. The van der Waals surface area contributed by atoms with E-state index < -0.39 is 0 Å². The van der Waals surface area contributed by atoms with Gasteiger partial charge in [-0.1, -0.05) is 24.6 Å². The Labute approximate surface area is 131 Å². The number of aliphatic hydroxyl groups excluding tert-OH is 1. The summed E-state index contributed by atoms with van der Waals surface area (Å²) in [6.45, 7) is 6.00. The lowest BCUT2D eigenvalue weighted by molar-refractivity contribution is 0.0415. The topological polar surface area (TPSA) is 62.4 Å². The molecule has 0 amide bonds. The minimum Gasteiger partial charge on any atom is -0.419 e. The van der Waals surface area contributed by atoms with E-state index in [0.717, 1.165) is 18.5 Å². The van der Waals surface area contributed by atoms with Gasteiger partial charge in [-0.2, -0.15) is 0 Å². The molecule has 1 fully saturated rings. The summed E-state index contributed by atoms with van der Waals surface area (Å²) >= 11 is 0. The Morgan fingerprint density at radius 3 is 2.77 bits per heavy atom. The predicted molar refractivity (Wildman–Crippen MR) is 84.2 cm³/mol. The molecule has 0 saturated carbocycles. The molecule has 2 atom stereocenters. The van der Waals surface area contributed by atoms with E-state index in [-0.39, 0.29) is 12.6 Å². The molecular weight excluding hydrogens is 278 g/mol. The fraction of sp³-hybridized carbons (Fsp3) is 0.529. The number of nitrogens with zero attached hydrogens (tertiary/aromatic N) is 3. The van der Waals surface area contributed by atoms with Gasteiger partial charge in [-0.3, -0.25) is 4.90 Å². The van der Waals surface area contributed by atoms with Crippen molar-refractivity contribution in [2.45, 2.75) is 39.3 Å². The van der Waals surface area contributed by atoms with Crippen LogP contribution in [-0.4, -0.2) is 39.4 Å². The van der Waals surface area contributed by atoms with E-state index in [1.54, 1.807) is 0 Å². The molecule has 2 unspecified atom stereocenters. The maximum Gasteiger partial charge on any atom is 0.247 e. The van der Waals surface area contributed by atoms with Crippen LogP contribution in [0, 0.1) is 12.8 Å². The number of hydrogen-bond donors (Lipinski definition) is 1. The summed E-state index contributed by atoms with van der Waals surface area (Å²) in [7, 11) is 0. The van der Waals surface area contributed by atoms with Gasteiger partial charge in [0, 0.05) is 11.6 Å². The first-order valence-electron chi connectivity index (χ1n) is 7.91. The molecule has 1 N–H and O–H groups in total. The Morgan fingerprint density at radius 1 is 1.27 bits per heavy atom. The minimum absolute atomic E-state index is 0.181. The van der Waals surface area contributed by atoms with Crippen molar-refractivity contribution in [3.8, 4) is 11.5 Å². The Hall–Kier alpha value is -1.72. The number of hydrogen-bond acceptors (Lipinski definition) is 5. The third kappa shape index (κ3) is 3.20. The van der Waals surface area contributed by atoms with Gasteiger partial charge in [0.15, 0.2) is 0 Å². The lowest BCUT2D eigenvalue weighted by Crippen LogP contribution is -2.46. The molecule has 1 aliphatic heterocycles. The van der Waals surface area contributed by atoms with Gasteiger partial charge in [-0.25, -0.2) is 0 Å². The molecule has 5 nitrogen and oxygen atoms in total. The molecule has 1 aliphatic rings. The van der Waals surface area contributed by atoms with Crippen LogP contribution in [0.1, 0.15) is 31.2 Å². The zero-order valence-electron chi connectivity index (χ0n) is 13.2. The first-order valence-corrected chi connectivity index (χ1v) is 7.91. The van der Waals surface area contributed by atoms with Gasteiger partial charge in [0.25, 0.3) is 0 Å². The standard InChI is InChI=1S/C17H23N3O2/c1-12-5-7-14(8-6-12)17-19-18-16(22-17)10-20-9-3-4-13(2)15(20)11-21/h5-8,13,15,21H,3-4,9-11H2,1-2H3. The summed E-state index contributed by atoms with van der Waals surface area (Å²) < 4.78 is 5.79. The number of benzene rings is 1. The van der Waals surface area contributed by atoms with E-state index in [9.17, 15) is 5.11 Å². The maximum atomic E-state index is 9.61. The molecule has 1 aromatic carbocycles. The van der Waals surface area contributed by atoms with Crippen LogP contribution in [0.4, 0.5) is 0 Å². The van der Waals surface area contributed by atoms with E-state index >= 15 is 0 Å². The van der Waals surface area contributed by atoms with E-state index in [1.807, 2.05) is 24.3 Å². The summed E-state index contributed by atoms with van der Waals surface area (Å²) in [5, 5.41) is 17.9. The number of aryl methyl sites for hydroxylation is 1. The molecule has 2 aromatic rings. The van der Waals surface area contributed by atoms with Crippen molar-refractivity contribution < 1.29 is 9.52 Å². The number of likely N-dealkylation sites (tertiary alicyclic amines) is 1. The van der Waals surface area contributed by atoms with Crippen LogP contribution in [0.5, 0.6) is 0 Å². The number of piperidine rings is 1. The largest absolute Gasteiger partial charge is 0.419 e. The van der Waals surface area contributed by atoms with E-state index in [2.05, 4.69) is 28.9 Å². The van der Waals surface area contributed by atoms with E-state index in [4.69, 9.17) is 4.42 Å². The Morgan fingerprint density at radius 2 is 2.05 bits per heavy atom. The smallest absolute Gasteiger partial charge is 0.247 e. The highest BCUT2D eigenvalue weighted by atomic mass is 16.4. The number of aliphatic hydroxyl groups is 1. The highest BCUT2D eigenvalue weighted by Gasteiger charge is 2.29. The summed E-state index contributed by atoms with van der Waals surface area (Å²) in [4.78, 5) is 2.25. The van der Waals surface area contributed by atoms with Gasteiger partial charge in [0.2, 0.25) is 11.8 Å². The summed E-state index contributed by atoms with van der Waals surface area (Å²) in [5.74, 6) is 1.67. The first kappa shape index (κ1) is 15.2. The third-order valence-electron chi connectivity index (χ3n) is 4.52. The second-order valence-corrected chi connectivity index (χ2v) is 6.21. The van der Waals surface area contributed by atoms with Crippen LogP contribution in [0.3, 0.4) is 0 Å². The van der Waals surface area contributed by atoms with Crippen molar-refractivity contribution in [2.24, 2.45) is 5.92 Å². The van der Waals surface area contributed by atoms with Gasteiger partial charge in [-0.05, 0) is 44.4 Å². The highest BCUT2D eigenvalue weighted by Crippen LogP contribution is 2.25. The first-order chi connectivity index (χ1) is 10.7. The molecular formula is C17H23N3O2. The molecule has 22 heavy (non-hydrogen) atoms. The Balaban J connectivity index is 1.72. The monoisotopic (exact) mass is 301 g/mol. The molecule has 0 bridgehead atoms.